The molecule has 0 spiro atoms. The molecule has 1 saturated carbocycles. The molecular weight excluding hydrogens is 270 g/mol. The lowest BCUT2D eigenvalue weighted by Crippen LogP contribution is -2.41. The van der Waals surface area contributed by atoms with E-state index in [9.17, 15) is 8.42 Å². The van der Waals surface area contributed by atoms with Gasteiger partial charge in [0.25, 0.3) is 0 Å². The third-order valence-electron chi connectivity index (χ3n) is 3.44. The zero-order chi connectivity index (χ0) is 13.2. The van der Waals surface area contributed by atoms with Crippen molar-refractivity contribution < 1.29 is 8.42 Å². The predicted octanol–water partition coefficient (Wildman–Crippen LogP) is 2.69. The van der Waals surface area contributed by atoms with Gasteiger partial charge in [-0.2, -0.15) is 0 Å². The molecule has 1 fully saturated rings. The second-order valence-electron chi connectivity index (χ2n) is 4.73. The molecule has 0 aliphatic heterocycles. The third-order valence-corrected chi connectivity index (χ3v) is 4.73. The van der Waals surface area contributed by atoms with Crippen LogP contribution in [0.2, 0.25) is 0 Å². The quantitative estimate of drug-likeness (QED) is 0.782. The summed E-state index contributed by atoms with van der Waals surface area (Å²) in [5.41, 5.74) is 1.06. The Morgan fingerprint density at radius 2 is 1.89 bits per heavy atom. The van der Waals surface area contributed by atoms with E-state index in [1.807, 2.05) is 12.1 Å². The molecule has 1 aliphatic carbocycles. The fraction of sp³-hybridized carbons (Fsp3) is 0.538. The maximum atomic E-state index is 11.4. The van der Waals surface area contributed by atoms with E-state index in [-0.39, 0.29) is 0 Å². The van der Waals surface area contributed by atoms with Crippen LogP contribution < -0.4 is 4.90 Å². The zero-order valence-electron chi connectivity index (χ0n) is 10.5. The third kappa shape index (κ3) is 2.98. The fourth-order valence-electron chi connectivity index (χ4n) is 2.20. The second-order valence-corrected chi connectivity index (χ2v) is 7.13. The highest BCUT2D eigenvalue weighted by molar-refractivity contribution is 7.90. The summed E-state index contributed by atoms with van der Waals surface area (Å²) in [6.07, 6.45) is 4.89. The minimum atomic E-state index is -3.11. The van der Waals surface area contributed by atoms with Gasteiger partial charge in [-0.15, -0.1) is 11.6 Å². The Labute approximate surface area is 114 Å². The van der Waals surface area contributed by atoms with Gasteiger partial charge in [-0.25, -0.2) is 8.42 Å². The first-order chi connectivity index (χ1) is 8.52. The van der Waals surface area contributed by atoms with Gasteiger partial charge in [0.15, 0.2) is 9.84 Å². The van der Waals surface area contributed by atoms with Crippen molar-refractivity contribution in [3.8, 4) is 0 Å². The highest BCUT2D eigenvalue weighted by Gasteiger charge is 2.24. The Kier molecular flexibility index (Phi) is 4.17. The molecule has 0 unspecified atom stereocenters. The van der Waals surface area contributed by atoms with Crippen LogP contribution in [0.4, 0.5) is 5.69 Å². The standard InChI is InChI=1S/C13H18ClNO2S/c1-18(16,17)13-7-5-12(6-8-13)15(10-9-14)11-3-2-4-11/h5-8,11H,2-4,9-10H2,1H3. The van der Waals surface area contributed by atoms with Crippen LogP contribution >= 0.6 is 11.6 Å². The van der Waals surface area contributed by atoms with Crippen molar-refractivity contribution in [2.75, 3.05) is 23.6 Å². The van der Waals surface area contributed by atoms with E-state index in [4.69, 9.17) is 11.6 Å². The lowest BCUT2D eigenvalue weighted by Gasteiger charge is -2.39. The van der Waals surface area contributed by atoms with Gasteiger partial charge in [-0.1, -0.05) is 0 Å². The average molecular weight is 288 g/mol. The van der Waals surface area contributed by atoms with Crippen molar-refractivity contribution in [2.45, 2.75) is 30.2 Å². The van der Waals surface area contributed by atoms with E-state index in [1.54, 1.807) is 12.1 Å². The number of anilines is 1. The highest BCUT2D eigenvalue weighted by Crippen LogP contribution is 2.30. The number of hydrogen-bond donors (Lipinski definition) is 0. The Balaban J connectivity index is 2.20. The minimum Gasteiger partial charge on any atom is -0.367 e. The lowest BCUT2D eigenvalue weighted by atomic mass is 9.91. The monoisotopic (exact) mass is 287 g/mol. The molecular formula is C13H18ClNO2S. The Morgan fingerprint density at radius 3 is 2.28 bits per heavy atom. The molecule has 0 atom stereocenters. The Bertz CT molecular complexity index is 494. The van der Waals surface area contributed by atoms with E-state index in [0.29, 0.717) is 16.8 Å². The van der Waals surface area contributed by atoms with E-state index >= 15 is 0 Å². The first-order valence-corrected chi connectivity index (χ1v) is 8.57. The van der Waals surface area contributed by atoms with Crippen molar-refractivity contribution in [1.29, 1.82) is 0 Å². The molecule has 0 aromatic heterocycles. The van der Waals surface area contributed by atoms with Gasteiger partial charge in [-0.05, 0) is 43.5 Å². The van der Waals surface area contributed by atoms with Gasteiger partial charge in [0, 0.05) is 30.4 Å². The first-order valence-electron chi connectivity index (χ1n) is 6.15. The van der Waals surface area contributed by atoms with Gasteiger partial charge in [-0.3, -0.25) is 0 Å². The lowest BCUT2D eigenvalue weighted by molar-refractivity contribution is 0.390. The molecule has 2 rings (SSSR count). The first kappa shape index (κ1) is 13.7. The van der Waals surface area contributed by atoms with Crippen molar-refractivity contribution in [3.63, 3.8) is 0 Å². The molecule has 3 nitrogen and oxygen atoms in total. The van der Waals surface area contributed by atoms with Crippen LogP contribution in [0.5, 0.6) is 0 Å². The smallest absolute Gasteiger partial charge is 0.175 e. The number of halogens is 1. The summed E-state index contributed by atoms with van der Waals surface area (Å²) in [5.74, 6) is 0.588. The van der Waals surface area contributed by atoms with Crippen molar-refractivity contribution >= 4 is 27.1 Å². The number of benzene rings is 1. The van der Waals surface area contributed by atoms with Crippen LogP contribution in [-0.4, -0.2) is 33.1 Å². The maximum Gasteiger partial charge on any atom is 0.175 e. The molecule has 5 heteroatoms. The largest absolute Gasteiger partial charge is 0.367 e. The summed E-state index contributed by atoms with van der Waals surface area (Å²) in [7, 11) is -3.11. The molecule has 1 aliphatic rings. The summed E-state index contributed by atoms with van der Waals surface area (Å²) in [5, 5.41) is 0. The maximum absolute atomic E-state index is 11.4. The van der Waals surface area contributed by atoms with Crippen molar-refractivity contribution in [2.24, 2.45) is 0 Å². The summed E-state index contributed by atoms with van der Waals surface area (Å²) < 4.78 is 22.8. The molecule has 1 aromatic carbocycles. The van der Waals surface area contributed by atoms with E-state index in [0.717, 1.165) is 12.2 Å². The van der Waals surface area contributed by atoms with Crippen LogP contribution in [0.25, 0.3) is 0 Å². The summed E-state index contributed by atoms with van der Waals surface area (Å²) >= 11 is 5.84. The van der Waals surface area contributed by atoms with Gasteiger partial charge < -0.3 is 4.90 Å². The number of rotatable bonds is 5. The van der Waals surface area contributed by atoms with Crippen molar-refractivity contribution in [3.05, 3.63) is 24.3 Å². The number of sulfone groups is 1. The predicted molar refractivity (Wildman–Crippen MR) is 75.3 cm³/mol. The van der Waals surface area contributed by atoms with E-state index in [2.05, 4.69) is 4.90 Å². The van der Waals surface area contributed by atoms with Gasteiger partial charge in [0.05, 0.1) is 4.90 Å². The summed E-state index contributed by atoms with van der Waals surface area (Å²) in [6, 6.07) is 7.66. The van der Waals surface area contributed by atoms with Crippen LogP contribution in [-0.2, 0) is 9.84 Å². The Hall–Kier alpha value is -0.740. The molecule has 1 aromatic rings. The van der Waals surface area contributed by atoms with Gasteiger partial charge in [0.2, 0.25) is 0 Å². The van der Waals surface area contributed by atoms with Crippen molar-refractivity contribution in [1.82, 2.24) is 0 Å². The number of nitrogens with zero attached hydrogens (tertiary/aromatic N) is 1. The highest BCUT2D eigenvalue weighted by atomic mass is 35.5. The molecule has 0 bridgehead atoms. The zero-order valence-corrected chi connectivity index (χ0v) is 12.0. The van der Waals surface area contributed by atoms with Crippen LogP contribution in [0, 0.1) is 0 Å². The fourth-order valence-corrected chi connectivity index (χ4v) is 3.01. The van der Waals surface area contributed by atoms with Crippen LogP contribution in [0.15, 0.2) is 29.2 Å². The molecule has 0 amide bonds. The number of hydrogen-bond acceptors (Lipinski definition) is 3. The van der Waals surface area contributed by atoms with Gasteiger partial charge >= 0.3 is 0 Å². The molecule has 0 heterocycles. The molecule has 0 radical (unpaired) electrons. The molecule has 100 valence electrons. The van der Waals surface area contributed by atoms with Crippen LogP contribution in [0.1, 0.15) is 19.3 Å². The van der Waals surface area contributed by atoms with Gasteiger partial charge in [0.1, 0.15) is 0 Å². The topological polar surface area (TPSA) is 37.4 Å². The molecule has 18 heavy (non-hydrogen) atoms. The summed E-state index contributed by atoms with van der Waals surface area (Å²) in [6.45, 7) is 0.810. The SMILES string of the molecule is CS(=O)(=O)c1ccc(N(CCCl)C2CCC2)cc1. The Morgan fingerprint density at radius 1 is 1.28 bits per heavy atom. The number of alkyl halides is 1. The minimum absolute atomic E-state index is 0.366. The van der Waals surface area contributed by atoms with E-state index < -0.39 is 9.84 Å². The van der Waals surface area contributed by atoms with Crippen LogP contribution in [0.3, 0.4) is 0 Å². The average Bonchev–Trinajstić information content (AvgIpc) is 2.25. The second kappa shape index (κ2) is 5.49. The molecule has 0 saturated heterocycles. The summed E-state index contributed by atoms with van der Waals surface area (Å²) in [4.78, 5) is 2.65. The normalized spacial score (nSPS) is 16.3. The van der Waals surface area contributed by atoms with E-state index in [1.165, 1.54) is 25.5 Å². The molecule has 0 N–H and O–H groups in total.